The quantitative estimate of drug-likeness (QED) is 0.514. The van der Waals surface area contributed by atoms with Crippen molar-refractivity contribution in [2.45, 2.75) is 39.2 Å². The van der Waals surface area contributed by atoms with Crippen LogP contribution in [-0.2, 0) is 14.4 Å². The average Bonchev–Trinajstić information content (AvgIpc) is 2.54. The van der Waals surface area contributed by atoms with E-state index in [9.17, 15) is 19.5 Å². The van der Waals surface area contributed by atoms with Gasteiger partial charge in [0.15, 0.2) is 0 Å². The summed E-state index contributed by atoms with van der Waals surface area (Å²) in [5.74, 6) is -2.32. The minimum Gasteiger partial charge on any atom is -0.480 e. The van der Waals surface area contributed by atoms with E-state index in [0.29, 0.717) is 58.0 Å². The summed E-state index contributed by atoms with van der Waals surface area (Å²) in [6.07, 6.45) is 2.03. The topological polar surface area (TPSA) is 122 Å². The van der Waals surface area contributed by atoms with Gasteiger partial charge in [-0.05, 0) is 25.2 Å². The number of carbonyl (C=O) groups is 3. The summed E-state index contributed by atoms with van der Waals surface area (Å²) in [5, 5.41) is 27.9. The molecule has 27 heavy (non-hydrogen) atoms. The van der Waals surface area contributed by atoms with E-state index >= 15 is 0 Å². The lowest BCUT2D eigenvalue weighted by Crippen LogP contribution is -2.49. The highest BCUT2D eigenvalue weighted by molar-refractivity contribution is 5.73. The molecule has 0 amide bonds. The number of aliphatic carboxylic acids is 3. The Balaban J connectivity index is 2.86. The molecule has 0 aromatic heterocycles. The maximum absolute atomic E-state index is 11.8. The van der Waals surface area contributed by atoms with Crippen LogP contribution < -0.4 is 0 Å². The van der Waals surface area contributed by atoms with Gasteiger partial charge in [0.2, 0.25) is 0 Å². The standard InChI is InChI=1S/C18H33N3O6/c1-14(2)4-5-15(18(26)27)21-7-3-6-19(12-16(22)23)8-9-20(10-11-21)13-17(24)25/h14-15H,3-13H2,1-2H3,(H,22,23)(H,24,25)(H,26,27). The van der Waals surface area contributed by atoms with Crippen molar-refractivity contribution in [3.63, 3.8) is 0 Å². The molecule has 1 saturated heterocycles. The van der Waals surface area contributed by atoms with Crippen molar-refractivity contribution in [3.05, 3.63) is 0 Å². The van der Waals surface area contributed by atoms with Crippen LogP contribution in [0.15, 0.2) is 0 Å². The van der Waals surface area contributed by atoms with E-state index in [-0.39, 0.29) is 13.1 Å². The second kappa shape index (κ2) is 11.9. The molecule has 9 heteroatoms. The fourth-order valence-electron chi connectivity index (χ4n) is 3.35. The van der Waals surface area contributed by atoms with Gasteiger partial charge in [-0.15, -0.1) is 0 Å². The number of rotatable bonds is 9. The molecule has 1 fully saturated rings. The Morgan fingerprint density at radius 1 is 0.778 bits per heavy atom. The predicted octanol–water partition coefficient (Wildman–Crippen LogP) is 0.355. The SMILES string of the molecule is CC(C)CCC(C(=O)O)N1CCCN(CC(=O)O)CCN(CC(=O)O)CC1. The molecule has 0 radical (unpaired) electrons. The van der Waals surface area contributed by atoms with E-state index in [1.807, 2.05) is 4.90 Å². The van der Waals surface area contributed by atoms with Gasteiger partial charge in [-0.3, -0.25) is 29.1 Å². The molecule has 1 aliphatic rings. The van der Waals surface area contributed by atoms with Crippen molar-refractivity contribution in [1.29, 1.82) is 0 Å². The first-order valence-corrected chi connectivity index (χ1v) is 9.54. The number of carboxylic acids is 3. The van der Waals surface area contributed by atoms with Gasteiger partial charge in [-0.2, -0.15) is 0 Å². The smallest absolute Gasteiger partial charge is 0.320 e. The minimum atomic E-state index is -0.946. The zero-order valence-electron chi connectivity index (χ0n) is 16.3. The number of nitrogens with zero attached hydrogens (tertiary/aromatic N) is 3. The molecule has 1 aliphatic heterocycles. The number of hydrogen-bond donors (Lipinski definition) is 3. The summed E-state index contributed by atoms with van der Waals surface area (Å²) in [7, 11) is 0. The van der Waals surface area contributed by atoms with Crippen molar-refractivity contribution in [1.82, 2.24) is 14.7 Å². The van der Waals surface area contributed by atoms with Crippen LogP contribution in [0, 0.1) is 5.92 Å². The maximum atomic E-state index is 11.8. The van der Waals surface area contributed by atoms with E-state index < -0.39 is 23.9 Å². The van der Waals surface area contributed by atoms with Gasteiger partial charge in [-0.25, -0.2) is 0 Å². The largest absolute Gasteiger partial charge is 0.480 e. The molecule has 0 saturated carbocycles. The summed E-state index contributed by atoms with van der Waals surface area (Å²) in [5.41, 5.74) is 0. The van der Waals surface area contributed by atoms with Crippen molar-refractivity contribution < 1.29 is 29.7 Å². The van der Waals surface area contributed by atoms with E-state index in [4.69, 9.17) is 10.2 Å². The Kier molecular flexibility index (Phi) is 10.3. The molecule has 1 atom stereocenters. The Bertz CT molecular complexity index is 499. The first kappa shape index (κ1) is 23.3. The first-order chi connectivity index (χ1) is 12.7. The average molecular weight is 387 g/mol. The van der Waals surface area contributed by atoms with Crippen molar-refractivity contribution >= 4 is 17.9 Å². The molecule has 0 bridgehead atoms. The summed E-state index contributed by atoms with van der Waals surface area (Å²) in [6, 6.07) is -0.605. The normalized spacial score (nSPS) is 19.7. The summed E-state index contributed by atoms with van der Waals surface area (Å²) in [4.78, 5) is 39.4. The second-order valence-corrected chi connectivity index (χ2v) is 7.55. The van der Waals surface area contributed by atoms with Crippen LogP contribution in [0.1, 0.15) is 33.1 Å². The van der Waals surface area contributed by atoms with Crippen molar-refractivity contribution in [3.8, 4) is 0 Å². The van der Waals surface area contributed by atoms with Gasteiger partial charge in [-0.1, -0.05) is 13.8 Å². The van der Waals surface area contributed by atoms with Gasteiger partial charge in [0.25, 0.3) is 0 Å². The maximum Gasteiger partial charge on any atom is 0.320 e. The predicted molar refractivity (Wildman–Crippen MR) is 99.8 cm³/mol. The van der Waals surface area contributed by atoms with Gasteiger partial charge < -0.3 is 15.3 Å². The van der Waals surface area contributed by atoms with E-state index in [2.05, 4.69) is 13.8 Å². The molecule has 0 aromatic rings. The van der Waals surface area contributed by atoms with E-state index in [1.165, 1.54) is 0 Å². The molecule has 9 nitrogen and oxygen atoms in total. The summed E-state index contributed by atoms with van der Waals surface area (Å²) in [6.45, 7) is 6.81. The molecule has 1 rings (SSSR count). The Morgan fingerprint density at radius 3 is 1.78 bits per heavy atom. The number of hydrogen-bond acceptors (Lipinski definition) is 6. The zero-order chi connectivity index (χ0) is 20.4. The molecule has 0 aromatic carbocycles. The fraction of sp³-hybridized carbons (Fsp3) is 0.833. The van der Waals surface area contributed by atoms with Gasteiger partial charge in [0, 0.05) is 39.3 Å². The van der Waals surface area contributed by atoms with Crippen LogP contribution in [0.4, 0.5) is 0 Å². The fourth-order valence-corrected chi connectivity index (χ4v) is 3.35. The third kappa shape index (κ3) is 9.69. The van der Waals surface area contributed by atoms with Crippen molar-refractivity contribution in [2.75, 3.05) is 52.4 Å². The van der Waals surface area contributed by atoms with Gasteiger partial charge in [0.05, 0.1) is 13.1 Å². The van der Waals surface area contributed by atoms with Crippen LogP contribution in [0.5, 0.6) is 0 Å². The molecule has 156 valence electrons. The Hall–Kier alpha value is -1.71. The van der Waals surface area contributed by atoms with Crippen LogP contribution in [0.2, 0.25) is 0 Å². The van der Waals surface area contributed by atoms with E-state index in [1.54, 1.807) is 9.80 Å². The minimum absolute atomic E-state index is 0.101. The monoisotopic (exact) mass is 387 g/mol. The molecule has 0 aliphatic carbocycles. The first-order valence-electron chi connectivity index (χ1n) is 9.54. The van der Waals surface area contributed by atoms with Crippen LogP contribution in [-0.4, -0.2) is 106 Å². The molecule has 0 spiro atoms. The molecule has 3 N–H and O–H groups in total. The number of carboxylic acid groups (broad SMARTS) is 3. The molecule has 1 heterocycles. The Morgan fingerprint density at radius 2 is 1.30 bits per heavy atom. The van der Waals surface area contributed by atoms with Gasteiger partial charge >= 0.3 is 17.9 Å². The van der Waals surface area contributed by atoms with E-state index in [0.717, 1.165) is 6.42 Å². The lowest BCUT2D eigenvalue weighted by Gasteiger charge is -2.34. The van der Waals surface area contributed by atoms with Crippen molar-refractivity contribution in [2.24, 2.45) is 5.92 Å². The lowest BCUT2D eigenvalue weighted by molar-refractivity contribution is -0.144. The second-order valence-electron chi connectivity index (χ2n) is 7.55. The third-order valence-electron chi connectivity index (χ3n) is 4.82. The molecule has 1 unspecified atom stereocenters. The van der Waals surface area contributed by atoms with Crippen LogP contribution >= 0.6 is 0 Å². The highest BCUT2D eigenvalue weighted by Gasteiger charge is 2.27. The van der Waals surface area contributed by atoms with Crippen LogP contribution in [0.3, 0.4) is 0 Å². The van der Waals surface area contributed by atoms with Gasteiger partial charge in [0.1, 0.15) is 6.04 Å². The third-order valence-corrected chi connectivity index (χ3v) is 4.82. The molecular weight excluding hydrogens is 354 g/mol. The summed E-state index contributed by atoms with van der Waals surface area (Å²) < 4.78 is 0. The highest BCUT2D eigenvalue weighted by Crippen LogP contribution is 2.14. The van der Waals surface area contributed by atoms with Crippen LogP contribution in [0.25, 0.3) is 0 Å². The highest BCUT2D eigenvalue weighted by atomic mass is 16.4. The lowest BCUT2D eigenvalue weighted by atomic mass is 10.0. The summed E-state index contributed by atoms with van der Waals surface area (Å²) >= 11 is 0. The Labute approximate surface area is 160 Å². The zero-order valence-corrected chi connectivity index (χ0v) is 16.3. The molecular formula is C18H33N3O6.